The number of pyridine rings is 2. The van der Waals surface area contributed by atoms with Crippen molar-refractivity contribution in [3.63, 3.8) is 0 Å². The van der Waals surface area contributed by atoms with Crippen molar-refractivity contribution >= 4 is 5.91 Å². The molecule has 0 radical (unpaired) electrons. The maximum absolute atomic E-state index is 12.9. The highest BCUT2D eigenvalue weighted by molar-refractivity contribution is 5.93. The van der Waals surface area contributed by atoms with E-state index in [0.29, 0.717) is 25.2 Å². The smallest absolute Gasteiger partial charge is 0.255 e. The minimum Gasteiger partial charge on any atom is -0.338 e. The minimum absolute atomic E-state index is 0.00552. The highest BCUT2D eigenvalue weighted by Gasteiger charge is 2.37. The van der Waals surface area contributed by atoms with Gasteiger partial charge in [-0.15, -0.1) is 0 Å². The van der Waals surface area contributed by atoms with Crippen LogP contribution in [0.15, 0.2) is 59.8 Å². The van der Waals surface area contributed by atoms with Crippen LogP contribution in [0, 0.1) is 5.92 Å². The standard InChI is InChI=1S/C21H19N5O2/c27-20-9-16(18-3-1-2-5-22-18)8-19-17-7-14(12-26(19)20)11-25(13-17)21(28)15-4-6-23-24-10-15/h1-6,8-10,14,17H,7,11-13H2/t14-,17+/m0/s1. The van der Waals surface area contributed by atoms with Gasteiger partial charge in [-0.3, -0.25) is 14.6 Å². The number of hydrogen-bond acceptors (Lipinski definition) is 5. The van der Waals surface area contributed by atoms with Gasteiger partial charge in [0, 0.05) is 49.1 Å². The maximum Gasteiger partial charge on any atom is 0.255 e. The second-order valence-electron chi connectivity index (χ2n) is 7.47. The lowest BCUT2D eigenvalue weighted by atomic mass is 9.82. The van der Waals surface area contributed by atoms with E-state index in [0.717, 1.165) is 23.4 Å². The zero-order chi connectivity index (χ0) is 19.1. The van der Waals surface area contributed by atoms with Gasteiger partial charge < -0.3 is 9.47 Å². The van der Waals surface area contributed by atoms with Gasteiger partial charge in [-0.25, -0.2) is 0 Å². The third-order valence-electron chi connectivity index (χ3n) is 5.64. The maximum atomic E-state index is 12.9. The summed E-state index contributed by atoms with van der Waals surface area (Å²) in [4.78, 5) is 31.9. The van der Waals surface area contributed by atoms with Crippen LogP contribution in [-0.2, 0) is 6.54 Å². The molecule has 0 unspecified atom stereocenters. The highest BCUT2D eigenvalue weighted by atomic mass is 16.2. The average molecular weight is 373 g/mol. The number of piperidine rings is 1. The Labute approximate surface area is 161 Å². The fraction of sp³-hybridized carbons (Fsp3) is 0.286. The van der Waals surface area contributed by atoms with E-state index < -0.39 is 0 Å². The van der Waals surface area contributed by atoms with Crippen molar-refractivity contribution < 1.29 is 4.79 Å². The molecule has 1 fully saturated rings. The first kappa shape index (κ1) is 16.8. The summed E-state index contributed by atoms with van der Waals surface area (Å²) in [6, 6.07) is 11.1. The molecule has 3 aromatic rings. The summed E-state index contributed by atoms with van der Waals surface area (Å²) in [6.07, 6.45) is 5.76. The molecule has 5 heterocycles. The van der Waals surface area contributed by atoms with E-state index in [1.807, 2.05) is 27.7 Å². The van der Waals surface area contributed by atoms with Crippen molar-refractivity contribution in [1.82, 2.24) is 24.6 Å². The molecule has 1 saturated heterocycles. The van der Waals surface area contributed by atoms with Gasteiger partial charge in [0.1, 0.15) is 0 Å². The molecule has 3 aromatic heterocycles. The lowest BCUT2D eigenvalue weighted by molar-refractivity contribution is 0.0594. The van der Waals surface area contributed by atoms with Crippen molar-refractivity contribution in [3.8, 4) is 11.3 Å². The van der Waals surface area contributed by atoms with Crippen LogP contribution in [0.4, 0.5) is 0 Å². The number of likely N-dealkylation sites (tertiary alicyclic amines) is 1. The topological polar surface area (TPSA) is 81.0 Å². The predicted molar refractivity (Wildman–Crippen MR) is 103 cm³/mol. The Kier molecular flexibility index (Phi) is 4.00. The Bertz CT molecular complexity index is 1080. The third-order valence-corrected chi connectivity index (χ3v) is 5.64. The third kappa shape index (κ3) is 2.89. The molecule has 0 aliphatic carbocycles. The van der Waals surface area contributed by atoms with Crippen LogP contribution in [0.5, 0.6) is 0 Å². The Balaban J connectivity index is 1.50. The van der Waals surface area contributed by atoms with E-state index >= 15 is 0 Å². The van der Waals surface area contributed by atoms with Gasteiger partial charge in [0.05, 0.1) is 23.7 Å². The van der Waals surface area contributed by atoms with E-state index in [4.69, 9.17) is 0 Å². The Morgan fingerprint density at radius 3 is 2.75 bits per heavy atom. The summed E-state index contributed by atoms with van der Waals surface area (Å²) in [5.41, 5.74) is 3.17. The van der Waals surface area contributed by atoms with Gasteiger partial charge in [0.2, 0.25) is 0 Å². The summed E-state index contributed by atoms with van der Waals surface area (Å²) in [6.45, 7) is 1.90. The number of rotatable bonds is 2. The van der Waals surface area contributed by atoms with Crippen LogP contribution >= 0.6 is 0 Å². The number of hydrogen-bond donors (Lipinski definition) is 0. The minimum atomic E-state index is -0.0266. The first-order chi connectivity index (χ1) is 13.7. The van der Waals surface area contributed by atoms with Crippen molar-refractivity contribution in [3.05, 3.63) is 76.6 Å². The zero-order valence-corrected chi connectivity index (χ0v) is 15.2. The summed E-state index contributed by atoms with van der Waals surface area (Å²) < 4.78 is 1.88. The second-order valence-corrected chi connectivity index (χ2v) is 7.47. The molecular formula is C21H19N5O2. The zero-order valence-electron chi connectivity index (χ0n) is 15.2. The molecule has 28 heavy (non-hydrogen) atoms. The fourth-order valence-electron chi connectivity index (χ4n) is 4.41. The molecular weight excluding hydrogens is 354 g/mol. The van der Waals surface area contributed by atoms with E-state index in [9.17, 15) is 9.59 Å². The molecule has 2 aliphatic heterocycles. The molecule has 1 amide bonds. The van der Waals surface area contributed by atoms with Crippen LogP contribution in [0.25, 0.3) is 11.3 Å². The number of amides is 1. The number of nitrogens with zero attached hydrogens (tertiary/aromatic N) is 5. The number of aromatic nitrogens is 4. The van der Waals surface area contributed by atoms with Crippen molar-refractivity contribution in [2.24, 2.45) is 5.92 Å². The molecule has 5 rings (SSSR count). The molecule has 0 N–H and O–H groups in total. The van der Waals surface area contributed by atoms with E-state index in [1.165, 1.54) is 12.4 Å². The van der Waals surface area contributed by atoms with Gasteiger partial charge >= 0.3 is 0 Å². The molecule has 0 spiro atoms. The molecule has 2 bridgehead atoms. The van der Waals surface area contributed by atoms with E-state index in [-0.39, 0.29) is 23.3 Å². The second kappa shape index (κ2) is 6.67. The summed E-state index contributed by atoms with van der Waals surface area (Å²) in [7, 11) is 0. The fourth-order valence-corrected chi connectivity index (χ4v) is 4.41. The van der Waals surface area contributed by atoms with Crippen molar-refractivity contribution in [2.75, 3.05) is 13.1 Å². The van der Waals surface area contributed by atoms with Crippen LogP contribution in [0.1, 0.15) is 28.4 Å². The van der Waals surface area contributed by atoms with E-state index in [1.54, 1.807) is 18.3 Å². The van der Waals surface area contributed by atoms with Crippen molar-refractivity contribution in [2.45, 2.75) is 18.9 Å². The lowest BCUT2D eigenvalue weighted by Crippen LogP contribution is -2.49. The summed E-state index contributed by atoms with van der Waals surface area (Å²) in [5.74, 6) is 0.396. The summed E-state index contributed by atoms with van der Waals surface area (Å²) >= 11 is 0. The van der Waals surface area contributed by atoms with Crippen LogP contribution in [0.2, 0.25) is 0 Å². The predicted octanol–water partition coefficient (Wildman–Crippen LogP) is 1.96. The molecule has 2 atom stereocenters. The largest absolute Gasteiger partial charge is 0.338 e. The highest BCUT2D eigenvalue weighted by Crippen LogP contribution is 2.36. The molecule has 7 heteroatoms. The van der Waals surface area contributed by atoms with Crippen LogP contribution in [0.3, 0.4) is 0 Å². The first-order valence-corrected chi connectivity index (χ1v) is 9.41. The molecule has 2 aliphatic rings. The normalized spacial score (nSPS) is 20.5. The molecule has 0 saturated carbocycles. The van der Waals surface area contributed by atoms with Gasteiger partial charge in [-0.2, -0.15) is 10.2 Å². The Hall–Kier alpha value is -3.35. The average Bonchev–Trinajstić information content (AvgIpc) is 2.75. The SMILES string of the molecule is O=C(c1ccnnc1)N1C[C@@H]2C[C@H](C1)c1cc(-c3ccccn3)cc(=O)n1C2. The number of fused-ring (bicyclic) bond motifs is 4. The summed E-state index contributed by atoms with van der Waals surface area (Å²) in [5, 5.41) is 7.56. The number of carbonyl (C=O) groups is 1. The van der Waals surface area contributed by atoms with Crippen LogP contribution in [-0.4, -0.2) is 43.6 Å². The van der Waals surface area contributed by atoms with Gasteiger partial charge in [0.25, 0.3) is 11.5 Å². The van der Waals surface area contributed by atoms with Gasteiger partial charge in [-0.05, 0) is 36.6 Å². The first-order valence-electron chi connectivity index (χ1n) is 9.41. The van der Waals surface area contributed by atoms with Crippen LogP contribution < -0.4 is 5.56 Å². The number of carbonyl (C=O) groups excluding carboxylic acids is 1. The molecule has 140 valence electrons. The Morgan fingerprint density at radius 1 is 1.04 bits per heavy atom. The van der Waals surface area contributed by atoms with E-state index in [2.05, 4.69) is 21.2 Å². The molecule has 0 aromatic carbocycles. The Morgan fingerprint density at radius 2 is 1.96 bits per heavy atom. The molecule has 7 nitrogen and oxygen atoms in total. The lowest BCUT2D eigenvalue weighted by Gasteiger charge is -2.42. The van der Waals surface area contributed by atoms with Gasteiger partial charge in [0.15, 0.2) is 0 Å². The monoisotopic (exact) mass is 373 g/mol. The van der Waals surface area contributed by atoms with Crippen molar-refractivity contribution in [1.29, 1.82) is 0 Å². The van der Waals surface area contributed by atoms with Gasteiger partial charge in [-0.1, -0.05) is 6.07 Å². The quantitative estimate of drug-likeness (QED) is 0.686.